The summed E-state index contributed by atoms with van der Waals surface area (Å²) in [5.41, 5.74) is 2.85. The predicted molar refractivity (Wildman–Crippen MR) is 91.2 cm³/mol. The smallest absolute Gasteiger partial charge is 0.252 e. The minimum Gasteiger partial charge on any atom is -0.350 e. The molecular formula is C17H15N7O. The third-order valence-electron chi connectivity index (χ3n) is 3.81. The molecule has 0 atom stereocenters. The number of aromatic nitrogens is 6. The van der Waals surface area contributed by atoms with Crippen LogP contribution in [0, 0.1) is 0 Å². The van der Waals surface area contributed by atoms with E-state index in [1.54, 1.807) is 35.8 Å². The minimum atomic E-state index is -0.184. The molecule has 0 aliphatic carbocycles. The number of carbonyl (C=O) groups excluding carboxylic acids is 1. The van der Waals surface area contributed by atoms with Gasteiger partial charge >= 0.3 is 0 Å². The Morgan fingerprint density at radius 2 is 1.84 bits per heavy atom. The molecule has 1 aromatic carbocycles. The molecule has 0 radical (unpaired) electrons. The molecule has 3 heterocycles. The highest BCUT2D eigenvalue weighted by Gasteiger charge is 2.11. The zero-order chi connectivity index (χ0) is 17.1. The van der Waals surface area contributed by atoms with Crippen molar-refractivity contribution in [1.29, 1.82) is 0 Å². The van der Waals surface area contributed by atoms with Crippen LogP contribution in [0.15, 0.2) is 61.6 Å². The molecular weight excluding hydrogens is 318 g/mol. The van der Waals surface area contributed by atoms with Crippen molar-refractivity contribution in [3.05, 3.63) is 67.1 Å². The number of para-hydroxylation sites is 1. The van der Waals surface area contributed by atoms with E-state index in [9.17, 15) is 4.79 Å². The molecule has 0 aliphatic rings. The van der Waals surface area contributed by atoms with Gasteiger partial charge in [-0.05, 0) is 18.2 Å². The molecule has 0 saturated carbocycles. The van der Waals surface area contributed by atoms with Crippen molar-refractivity contribution in [2.75, 3.05) is 6.54 Å². The Balaban J connectivity index is 1.50. The van der Waals surface area contributed by atoms with E-state index in [-0.39, 0.29) is 5.91 Å². The molecule has 8 heteroatoms. The van der Waals surface area contributed by atoms with Gasteiger partial charge in [0.05, 0.1) is 5.56 Å². The number of imidazole rings is 1. The van der Waals surface area contributed by atoms with Gasteiger partial charge in [-0.15, -0.1) is 10.2 Å². The van der Waals surface area contributed by atoms with Crippen LogP contribution in [0.2, 0.25) is 0 Å². The fourth-order valence-electron chi connectivity index (χ4n) is 2.54. The largest absolute Gasteiger partial charge is 0.350 e. The highest BCUT2D eigenvalue weighted by molar-refractivity contribution is 5.96. The van der Waals surface area contributed by atoms with Crippen LogP contribution in [0.4, 0.5) is 0 Å². The maximum Gasteiger partial charge on any atom is 0.252 e. The SMILES string of the molecule is O=C(NCCn1cnnc1)c1cnc2c(c1)ncn2-c1ccccc1. The Labute approximate surface area is 143 Å². The third-order valence-corrected chi connectivity index (χ3v) is 3.81. The fraction of sp³-hybridized carbons (Fsp3) is 0.118. The molecule has 3 aromatic heterocycles. The zero-order valence-electron chi connectivity index (χ0n) is 13.3. The average Bonchev–Trinajstić information content (AvgIpc) is 3.31. The summed E-state index contributed by atoms with van der Waals surface area (Å²) < 4.78 is 3.69. The molecule has 8 nitrogen and oxygen atoms in total. The number of pyridine rings is 1. The van der Waals surface area contributed by atoms with Gasteiger partial charge in [0.1, 0.15) is 24.5 Å². The molecule has 0 unspecified atom stereocenters. The maximum absolute atomic E-state index is 12.3. The van der Waals surface area contributed by atoms with Crippen molar-refractivity contribution < 1.29 is 4.79 Å². The Kier molecular flexibility index (Phi) is 3.91. The van der Waals surface area contributed by atoms with Crippen LogP contribution in [-0.4, -0.2) is 41.8 Å². The lowest BCUT2D eigenvalue weighted by atomic mass is 10.2. The van der Waals surface area contributed by atoms with Crippen molar-refractivity contribution in [3.63, 3.8) is 0 Å². The molecule has 0 spiro atoms. The van der Waals surface area contributed by atoms with Crippen molar-refractivity contribution in [2.24, 2.45) is 0 Å². The molecule has 1 amide bonds. The first-order chi connectivity index (χ1) is 12.3. The van der Waals surface area contributed by atoms with Crippen LogP contribution < -0.4 is 5.32 Å². The molecule has 0 fully saturated rings. The molecule has 0 aliphatic heterocycles. The number of hydrogen-bond acceptors (Lipinski definition) is 5. The quantitative estimate of drug-likeness (QED) is 0.597. The second kappa shape index (κ2) is 6.52. The minimum absolute atomic E-state index is 0.184. The summed E-state index contributed by atoms with van der Waals surface area (Å²) in [4.78, 5) is 21.0. The van der Waals surface area contributed by atoms with E-state index in [1.165, 1.54) is 0 Å². The van der Waals surface area contributed by atoms with Gasteiger partial charge in [-0.1, -0.05) is 18.2 Å². The summed E-state index contributed by atoms with van der Waals surface area (Å²) in [6.07, 6.45) is 6.49. The summed E-state index contributed by atoms with van der Waals surface area (Å²) in [7, 11) is 0. The molecule has 0 bridgehead atoms. The van der Waals surface area contributed by atoms with Crippen molar-refractivity contribution in [1.82, 2.24) is 34.6 Å². The first-order valence-corrected chi connectivity index (χ1v) is 7.80. The summed E-state index contributed by atoms with van der Waals surface area (Å²) in [6.45, 7) is 1.09. The Morgan fingerprint density at radius 1 is 1.04 bits per heavy atom. The number of fused-ring (bicyclic) bond motifs is 1. The molecule has 1 N–H and O–H groups in total. The number of amides is 1. The summed E-state index contributed by atoms with van der Waals surface area (Å²) in [6, 6.07) is 11.6. The standard InChI is InChI=1S/C17H15N7O/c25-17(18-6-7-23-11-21-22-12-23)13-8-15-16(19-9-13)24(10-20-15)14-4-2-1-3-5-14/h1-5,8-12H,6-7H2,(H,18,25). The fourth-order valence-corrected chi connectivity index (χ4v) is 2.54. The van der Waals surface area contributed by atoms with Crippen molar-refractivity contribution >= 4 is 17.1 Å². The van der Waals surface area contributed by atoms with Crippen molar-refractivity contribution in [3.8, 4) is 5.69 Å². The van der Waals surface area contributed by atoms with E-state index >= 15 is 0 Å². The van der Waals surface area contributed by atoms with Crippen LogP contribution in [0.5, 0.6) is 0 Å². The van der Waals surface area contributed by atoms with E-state index < -0.39 is 0 Å². The Bertz CT molecular complexity index is 992. The van der Waals surface area contributed by atoms with Crippen LogP contribution >= 0.6 is 0 Å². The van der Waals surface area contributed by atoms with E-state index in [2.05, 4.69) is 25.5 Å². The molecule has 25 heavy (non-hydrogen) atoms. The lowest BCUT2D eigenvalue weighted by molar-refractivity contribution is 0.0952. The summed E-state index contributed by atoms with van der Waals surface area (Å²) in [5.74, 6) is -0.184. The molecule has 4 aromatic rings. The Hall–Kier alpha value is -3.55. The van der Waals surface area contributed by atoms with E-state index in [0.717, 1.165) is 5.69 Å². The third kappa shape index (κ3) is 3.09. The second-order valence-corrected chi connectivity index (χ2v) is 5.47. The number of benzene rings is 1. The normalized spacial score (nSPS) is 10.9. The van der Waals surface area contributed by atoms with Gasteiger partial charge < -0.3 is 9.88 Å². The van der Waals surface area contributed by atoms with E-state index in [0.29, 0.717) is 29.8 Å². The van der Waals surface area contributed by atoms with Gasteiger partial charge in [-0.25, -0.2) is 9.97 Å². The maximum atomic E-state index is 12.3. The highest BCUT2D eigenvalue weighted by Crippen LogP contribution is 2.16. The van der Waals surface area contributed by atoms with Gasteiger partial charge in [-0.2, -0.15) is 0 Å². The van der Waals surface area contributed by atoms with Crippen LogP contribution in [0.25, 0.3) is 16.9 Å². The average molecular weight is 333 g/mol. The number of hydrogen-bond donors (Lipinski definition) is 1. The number of carbonyl (C=O) groups is 1. The number of nitrogens with zero attached hydrogens (tertiary/aromatic N) is 6. The monoisotopic (exact) mass is 333 g/mol. The zero-order valence-corrected chi connectivity index (χ0v) is 13.3. The highest BCUT2D eigenvalue weighted by atomic mass is 16.1. The molecule has 124 valence electrons. The van der Waals surface area contributed by atoms with Gasteiger partial charge in [0.25, 0.3) is 5.91 Å². The van der Waals surface area contributed by atoms with Gasteiger partial charge in [0.15, 0.2) is 5.65 Å². The first-order valence-electron chi connectivity index (χ1n) is 7.80. The van der Waals surface area contributed by atoms with Crippen LogP contribution in [-0.2, 0) is 6.54 Å². The van der Waals surface area contributed by atoms with Gasteiger partial charge in [0.2, 0.25) is 0 Å². The first kappa shape index (κ1) is 15.0. The number of nitrogens with one attached hydrogen (secondary N) is 1. The lowest BCUT2D eigenvalue weighted by Gasteiger charge is -2.06. The number of rotatable bonds is 5. The van der Waals surface area contributed by atoms with Gasteiger partial charge in [0, 0.05) is 25.0 Å². The van der Waals surface area contributed by atoms with Gasteiger partial charge in [-0.3, -0.25) is 9.36 Å². The summed E-state index contributed by atoms with van der Waals surface area (Å²) in [5, 5.41) is 10.3. The summed E-state index contributed by atoms with van der Waals surface area (Å²) >= 11 is 0. The van der Waals surface area contributed by atoms with Crippen molar-refractivity contribution in [2.45, 2.75) is 6.54 Å². The van der Waals surface area contributed by atoms with Crippen LogP contribution in [0.1, 0.15) is 10.4 Å². The van der Waals surface area contributed by atoms with E-state index in [4.69, 9.17) is 0 Å². The second-order valence-electron chi connectivity index (χ2n) is 5.47. The van der Waals surface area contributed by atoms with E-state index in [1.807, 2.05) is 34.9 Å². The molecule has 0 saturated heterocycles. The lowest BCUT2D eigenvalue weighted by Crippen LogP contribution is -2.27. The Morgan fingerprint density at radius 3 is 2.64 bits per heavy atom. The van der Waals surface area contributed by atoms with Crippen LogP contribution in [0.3, 0.4) is 0 Å². The topological polar surface area (TPSA) is 90.5 Å². The predicted octanol–water partition coefficient (Wildman–Crippen LogP) is 1.44. The molecule has 4 rings (SSSR count).